The van der Waals surface area contributed by atoms with Crippen molar-refractivity contribution < 1.29 is 28.6 Å². The number of carbonyl (C=O) groups excluding carboxylic acids is 3. The van der Waals surface area contributed by atoms with Crippen LogP contribution in [0, 0.1) is 0 Å². The van der Waals surface area contributed by atoms with E-state index in [1.807, 2.05) is 13.8 Å². The maximum Gasteiger partial charge on any atom is 0.306 e. The Bertz CT molecular complexity index is 955. The summed E-state index contributed by atoms with van der Waals surface area (Å²) in [6.45, 7) is 5.00. The molecule has 7 nitrogen and oxygen atoms in total. The highest BCUT2D eigenvalue weighted by Gasteiger charge is 2.34. The zero-order valence-corrected chi connectivity index (χ0v) is 19.1. The second kappa shape index (κ2) is 10.4. The summed E-state index contributed by atoms with van der Waals surface area (Å²) < 4.78 is 17.3. The van der Waals surface area contributed by atoms with E-state index in [1.165, 1.54) is 4.90 Å². The van der Waals surface area contributed by atoms with Crippen molar-refractivity contribution >= 4 is 33.7 Å². The van der Waals surface area contributed by atoms with Gasteiger partial charge in [-0.05, 0) is 44.5 Å². The number of hydrogen-bond donors (Lipinski definition) is 0. The van der Waals surface area contributed by atoms with Crippen LogP contribution in [-0.2, 0) is 16.1 Å². The summed E-state index contributed by atoms with van der Waals surface area (Å²) in [5.41, 5.74) is 1.56. The molecule has 164 valence electrons. The van der Waals surface area contributed by atoms with Gasteiger partial charge in [-0.15, -0.1) is 0 Å². The van der Waals surface area contributed by atoms with Crippen LogP contribution < -0.4 is 9.47 Å². The molecule has 0 radical (unpaired) electrons. The van der Waals surface area contributed by atoms with Gasteiger partial charge in [-0.3, -0.25) is 19.3 Å². The molecule has 0 atom stereocenters. The maximum atomic E-state index is 12.4. The summed E-state index contributed by atoms with van der Waals surface area (Å²) in [6, 6.07) is 10.3. The number of imide groups is 1. The van der Waals surface area contributed by atoms with Crippen LogP contribution >= 0.6 is 15.9 Å². The topological polar surface area (TPSA) is 82.1 Å². The SMILES string of the molecule is CCOc1cc(Br)c(COC(=O)CCCN2C(=O)c3ccccc3C2=O)cc1OCC. The van der Waals surface area contributed by atoms with E-state index in [1.54, 1.807) is 36.4 Å². The van der Waals surface area contributed by atoms with Crippen LogP contribution in [0.15, 0.2) is 40.9 Å². The fraction of sp³-hybridized carbons (Fsp3) is 0.348. The summed E-state index contributed by atoms with van der Waals surface area (Å²) in [7, 11) is 0. The molecule has 31 heavy (non-hydrogen) atoms. The molecule has 0 N–H and O–H groups in total. The first-order valence-electron chi connectivity index (χ1n) is 10.1. The normalized spacial score (nSPS) is 12.7. The van der Waals surface area contributed by atoms with Gasteiger partial charge in [0, 0.05) is 23.0 Å². The van der Waals surface area contributed by atoms with Crippen molar-refractivity contribution in [2.24, 2.45) is 0 Å². The van der Waals surface area contributed by atoms with Crippen molar-refractivity contribution in [2.45, 2.75) is 33.3 Å². The Labute approximate surface area is 189 Å². The van der Waals surface area contributed by atoms with Gasteiger partial charge in [0.1, 0.15) is 6.61 Å². The lowest BCUT2D eigenvalue weighted by atomic mass is 10.1. The number of hydrogen-bond acceptors (Lipinski definition) is 6. The Morgan fingerprint density at radius 1 is 0.968 bits per heavy atom. The quantitative estimate of drug-likeness (QED) is 0.364. The Kier molecular flexibility index (Phi) is 7.68. The van der Waals surface area contributed by atoms with E-state index in [4.69, 9.17) is 14.2 Å². The minimum atomic E-state index is -0.407. The number of ether oxygens (including phenoxy) is 3. The molecule has 8 heteroatoms. The number of carbonyl (C=O) groups is 3. The Morgan fingerprint density at radius 2 is 1.55 bits per heavy atom. The van der Waals surface area contributed by atoms with E-state index < -0.39 is 5.97 Å². The average molecular weight is 490 g/mol. The summed E-state index contributed by atoms with van der Waals surface area (Å²) >= 11 is 3.47. The fourth-order valence-corrected chi connectivity index (χ4v) is 3.72. The Hall–Kier alpha value is -2.87. The third-order valence-electron chi connectivity index (χ3n) is 4.74. The molecule has 1 aliphatic heterocycles. The monoisotopic (exact) mass is 489 g/mol. The number of esters is 1. The molecule has 1 aliphatic rings. The second-order valence-corrected chi connectivity index (χ2v) is 7.68. The van der Waals surface area contributed by atoms with Gasteiger partial charge in [0.15, 0.2) is 11.5 Å². The van der Waals surface area contributed by atoms with Crippen molar-refractivity contribution in [2.75, 3.05) is 19.8 Å². The first-order valence-corrected chi connectivity index (χ1v) is 10.9. The molecular weight excluding hydrogens is 466 g/mol. The largest absolute Gasteiger partial charge is 0.490 e. The molecule has 0 bridgehead atoms. The fourth-order valence-electron chi connectivity index (χ4n) is 3.28. The molecule has 2 aromatic carbocycles. The predicted molar refractivity (Wildman–Crippen MR) is 117 cm³/mol. The highest BCUT2D eigenvalue weighted by Crippen LogP contribution is 2.34. The molecule has 3 rings (SSSR count). The number of rotatable bonds is 10. The average Bonchev–Trinajstić information content (AvgIpc) is 3.00. The van der Waals surface area contributed by atoms with Crippen molar-refractivity contribution in [3.8, 4) is 11.5 Å². The lowest BCUT2D eigenvalue weighted by Gasteiger charge is -2.15. The minimum absolute atomic E-state index is 0.0684. The van der Waals surface area contributed by atoms with Gasteiger partial charge in [-0.1, -0.05) is 28.1 Å². The number of halogens is 1. The number of nitrogens with zero attached hydrogens (tertiary/aromatic N) is 1. The smallest absolute Gasteiger partial charge is 0.306 e. The van der Waals surface area contributed by atoms with E-state index in [9.17, 15) is 14.4 Å². The third-order valence-corrected chi connectivity index (χ3v) is 5.48. The van der Waals surface area contributed by atoms with E-state index in [0.717, 1.165) is 10.0 Å². The molecule has 0 fully saturated rings. The maximum absolute atomic E-state index is 12.4. The Balaban J connectivity index is 1.51. The van der Waals surface area contributed by atoms with Crippen LogP contribution in [0.2, 0.25) is 0 Å². The van der Waals surface area contributed by atoms with Crippen molar-refractivity contribution in [3.63, 3.8) is 0 Å². The minimum Gasteiger partial charge on any atom is -0.490 e. The van der Waals surface area contributed by atoms with Gasteiger partial charge in [0.25, 0.3) is 11.8 Å². The van der Waals surface area contributed by atoms with E-state index >= 15 is 0 Å². The summed E-state index contributed by atoms with van der Waals surface area (Å²) in [6.07, 6.45) is 0.430. The first kappa shape index (κ1) is 22.8. The zero-order valence-electron chi connectivity index (χ0n) is 17.5. The molecule has 0 unspecified atom stereocenters. The van der Waals surface area contributed by atoms with Gasteiger partial charge < -0.3 is 14.2 Å². The van der Waals surface area contributed by atoms with Crippen LogP contribution in [0.3, 0.4) is 0 Å². The predicted octanol–water partition coefficient (Wildman–Crippen LogP) is 4.37. The van der Waals surface area contributed by atoms with Gasteiger partial charge >= 0.3 is 5.97 Å². The van der Waals surface area contributed by atoms with Crippen LogP contribution in [0.1, 0.15) is 53.0 Å². The summed E-state index contributed by atoms with van der Waals surface area (Å²) in [4.78, 5) is 38.1. The molecule has 0 spiro atoms. The first-order chi connectivity index (χ1) is 15.0. The third kappa shape index (κ3) is 5.25. The highest BCUT2D eigenvalue weighted by atomic mass is 79.9. The van der Waals surface area contributed by atoms with Gasteiger partial charge in [0.05, 0.1) is 24.3 Å². The van der Waals surface area contributed by atoms with Crippen LogP contribution in [0.5, 0.6) is 11.5 Å². The molecule has 0 aromatic heterocycles. The van der Waals surface area contributed by atoms with E-state index in [0.29, 0.717) is 42.3 Å². The van der Waals surface area contributed by atoms with Crippen LogP contribution in [0.4, 0.5) is 0 Å². The molecular formula is C23H24BrNO6. The van der Waals surface area contributed by atoms with Crippen molar-refractivity contribution in [3.05, 3.63) is 57.6 Å². The number of benzene rings is 2. The number of fused-ring (bicyclic) bond motifs is 1. The van der Waals surface area contributed by atoms with Gasteiger partial charge in [-0.25, -0.2) is 0 Å². The lowest BCUT2D eigenvalue weighted by Crippen LogP contribution is -2.31. The molecule has 2 amide bonds. The summed E-state index contributed by atoms with van der Waals surface area (Å²) in [5.74, 6) is 0.151. The summed E-state index contributed by atoms with van der Waals surface area (Å²) in [5, 5.41) is 0. The standard InChI is InChI=1S/C23H24BrNO6/c1-3-29-19-12-15(18(24)13-20(19)30-4-2)14-31-21(26)10-7-11-25-22(27)16-8-5-6-9-17(16)23(25)28/h5-6,8-9,12-13H,3-4,7,10-11,14H2,1-2H3. The second-order valence-electron chi connectivity index (χ2n) is 6.83. The molecule has 1 heterocycles. The lowest BCUT2D eigenvalue weighted by molar-refractivity contribution is -0.145. The molecule has 0 aliphatic carbocycles. The van der Waals surface area contributed by atoms with E-state index in [-0.39, 0.29) is 31.4 Å². The highest BCUT2D eigenvalue weighted by molar-refractivity contribution is 9.10. The molecule has 0 saturated heterocycles. The Morgan fingerprint density at radius 3 is 2.13 bits per heavy atom. The van der Waals surface area contributed by atoms with Crippen molar-refractivity contribution in [1.82, 2.24) is 4.90 Å². The van der Waals surface area contributed by atoms with Gasteiger partial charge in [-0.2, -0.15) is 0 Å². The van der Waals surface area contributed by atoms with Crippen molar-refractivity contribution in [1.29, 1.82) is 0 Å². The van der Waals surface area contributed by atoms with E-state index in [2.05, 4.69) is 15.9 Å². The molecule has 0 saturated carbocycles. The van der Waals surface area contributed by atoms with Gasteiger partial charge in [0.2, 0.25) is 0 Å². The molecule has 2 aromatic rings. The van der Waals surface area contributed by atoms with Crippen LogP contribution in [0.25, 0.3) is 0 Å². The van der Waals surface area contributed by atoms with Crippen LogP contribution in [-0.4, -0.2) is 42.4 Å². The zero-order chi connectivity index (χ0) is 22.4. The number of amides is 2.